The van der Waals surface area contributed by atoms with Gasteiger partial charge in [0.15, 0.2) is 0 Å². The van der Waals surface area contributed by atoms with Crippen molar-refractivity contribution in [2.75, 3.05) is 0 Å². The van der Waals surface area contributed by atoms with E-state index in [2.05, 4.69) is 11.4 Å². The fourth-order valence-corrected chi connectivity index (χ4v) is 2.16. The molecule has 0 aromatic rings. The molecule has 0 saturated carbocycles. The largest absolute Gasteiger partial charge is 0.311 e. The van der Waals surface area contributed by atoms with Gasteiger partial charge in [0.25, 0.3) is 0 Å². The Kier molecular flexibility index (Phi) is 1.39. The van der Waals surface area contributed by atoms with Crippen molar-refractivity contribution in [2.24, 2.45) is 5.92 Å². The minimum Gasteiger partial charge on any atom is -0.311 e. The highest BCUT2D eigenvalue weighted by Gasteiger charge is 2.33. The van der Waals surface area contributed by atoms with E-state index in [4.69, 9.17) is 5.26 Å². The van der Waals surface area contributed by atoms with Crippen LogP contribution in [0.15, 0.2) is 0 Å². The summed E-state index contributed by atoms with van der Waals surface area (Å²) in [6.07, 6.45) is 4.77. The quantitative estimate of drug-likeness (QED) is 0.540. The lowest BCUT2D eigenvalue weighted by Gasteiger charge is -2.24. The molecule has 2 saturated heterocycles. The highest BCUT2D eigenvalue weighted by molar-refractivity contribution is 4.98. The summed E-state index contributed by atoms with van der Waals surface area (Å²) < 4.78 is 0. The molecule has 2 rings (SSSR count). The van der Waals surface area contributed by atoms with Gasteiger partial charge in [-0.2, -0.15) is 5.26 Å². The molecule has 0 aliphatic carbocycles. The van der Waals surface area contributed by atoms with Gasteiger partial charge in [0.2, 0.25) is 0 Å². The maximum absolute atomic E-state index is 8.68. The summed E-state index contributed by atoms with van der Waals surface area (Å²) in [5.41, 5.74) is 0. The van der Waals surface area contributed by atoms with E-state index in [9.17, 15) is 0 Å². The third-order valence-electron chi connectivity index (χ3n) is 2.66. The summed E-state index contributed by atoms with van der Waals surface area (Å²) >= 11 is 0. The molecule has 0 aromatic carbocycles. The topological polar surface area (TPSA) is 35.8 Å². The van der Waals surface area contributed by atoms with Crippen LogP contribution in [-0.4, -0.2) is 12.1 Å². The lowest BCUT2D eigenvalue weighted by molar-refractivity contribution is 0.350. The van der Waals surface area contributed by atoms with E-state index in [1.807, 2.05) is 0 Å². The van der Waals surface area contributed by atoms with Crippen LogP contribution in [0.1, 0.15) is 25.7 Å². The van der Waals surface area contributed by atoms with Gasteiger partial charge in [0, 0.05) is 18.0 Å². The second-order valence-electron chi connectivity index (χ2n) is 3.44. The Hall–Kier alpha value is -0.550. The Morgan fingerprint density at radius 2 is 1.80 bits per heavy atom. The van der Waals surface area contributed by atoms with Crippen molar-refractivity contribution in [1.82, 2.24) is 5.32 Å². The Balaban J connectivity index is 2.04. The van der Waals surface area contributed by atoms with Crippen molar-refractivity contribution in [3.63, 3.8) is 0 Å². The molecule has 10 heavy (non-hydrogen) atoms. The van der Waals surface area contributed by atoms with Crippen LogP contribution in [0.2, 0.25) is 0 Å². The molecule has 0 aromatic heterocycles. The molecule has 2 heterocycles. The van der Waals surface area contributed by atoms with Crippen LogP contribution >= 0.6 is 0 Å². The summed E-state index contributed by atoms with van der Waals surface area (Å²) in [6.45, 7) is 0. The van der Waals surface area contributed by atoms with Gasteiger partial charge < -0.3 is 5.32 Å². The molecule has 2 fully saturated rings. The van der Waals surface area contributed by atoms with E-state index < -0.39 is 0 Å². The standard InChI is InChI=1S/C8H12N2/c9-5-6-3-7-1-2-8(4-6)10-7/h6-8,10H,1-4H2/t6-,7-,8+. The second-order valence-corrected chi connectivity index (χ2v) is 3.44. The van der Waals surface area contributed by atoms with Crippen molar-refractivity contribution in [3.8, 4) is 6.07 Å². The Morgan fingerprint density at radius 3 is 2.30 bits per heavy atom. The molecule has 54 valence electrons. The summed E-state index contributed by atoms with van der Waals surface area (Å²) in [4.78, 5) is 0. The van der Waals surface area contributed by atoms with Gasteiger partial charge in [-0.1, -0.05) is 0 Å². The predicted octanol–water partition coefficient (Wildman–Crippen LogP) is 1.04. The number of nitrogens with one attached hydrogen (secondary N) is 1. The summed E-state index contributed by atoms with van der Waals surface area (Å²) in [6, 6.07) is 3.70. The minimum absolute atomic E-state index is 0.346. The van der Waals surface area contributed by atoms with E-state index in [0.717, 1.165) is 12.8 Å². The summed E-state index contributed by atoms with van der Waals surface area (Å²) in [5.74, 6) is 0.346. The summed E-state index contributed by atoms with van der Waals surface area (Å²) in [5, 5.41) is 12.2. The number of hydrogen-bond acceptors (Lipinski definition) is 2. The van der Waals surface area contributed by atoms with Gasteiger partial charge in [-0.15, -0.1) is 0 Å². The number of hydrogen-bond donors (Lipinski definition) is 1. The molecule has 0 unspecified atom stereocenters. The predicted molar refractivity (Wildman–Crippen MR) is 38.3 cm³/mol. The molecule has 2 aliphatic rings. The smallest absolute Gasteiger partial charge is 0.0657 e. The van der Waals surface area contributed by atoms with Crippen molar-refractivity contribution in [2.45, 2.75) is 37.8 Å². The van der Waals surface area contributed by atoms with Gasteiger partial charge in [0.05, 0.1) is 6.07 Å². The van der Waals surface area contributed by atoms with E-state index in [1.165, 1.54) is 12.8 Å². The molecule has 2 heteroatoms. The molecule has 0 amide bonds. The number of nitrogens with zero attached hydrogens (tertiary/aromatic N) is 1. The first kappa shape index (κ1) is 6.18. The van der Waals surface area contributed by atoms with Gasteiger partial charge in [0.1, 0.15) is 0 Å². The van der Waals surface area contributed by atoms with Gasteiger partial charge in [-0.05, 0) is 25.7 Å². The number of piperidine rings is 1. The lowest BCUT2D eigenvalue weighted by Crippen LogP contribution is -2.37. The third kappa shape index (κ3) is 0.911. The first-order chi connectivity index (χ1) is 4.88. The van der Waals surface area contributed by atoms with Crippen molar-refractivity contribution in [3.05, 3.63) is 0 Å². The van der Waals surface area contributed by atoms with Crippen LogP contribution in [0, 0.1) is 17.2 Å². The monoisotopic (exact) mass is 136 g/mol. The van der Waals surface area contributed by atoms with Crippen molar-refractivity contribution in [1.29, 1.82) is 5.26 Å². The second kappa shape index (κ2) is 2.25. The first-order valence-corrected chi connectivity index (χ1v) is 4.04. The Bertz CT molecular complexity index is 159. The number of fused-ring (bicyclic) bond motifs is 2. The zero-order valence-electron chi connectivity index (χ0n) is 6.01. The first-order valence-electron chi connectivity index (χ1n) is 4.04. The fraction of sp³-hybridized carbons (Fsp3) is 0.875. The average molecular weight is 136 g/mol. The molecule has 2 bridgehead atoms. The summed E-state index contributed by atoms with van der Waals surface area (Å²) in [7, 11) is 0. The van der Waals surface area contributed by atoms with Crippen LogP contribution < -0.4 is 5.32 Å². The van der Waals surface area contributed by atoms with Gasteiger partial charge >= 0.3 is 0 Å². The van der Waals surface area contributed by atoms with E-state index in [0.29, 0.717) is 18.0 Å². The minimum atomic E-state index is 0.346. The van der Waals surface area contributed by atoms with Gasteiger partial charge in [-0.25, -0.2) is 0 Å². The number of rotatable bonds is 0. The Morgan fingerprint density at radius 1 is 1.20 bits per heavy atom. The average Bonchev–Trinajstić information content (AvgIpc) is 2.30. The maximum Gasteiger partial charge on any atom is 0.0657 e. The third-order valence-corrected chi connectivity index (χ3v) is 2.66. The zero-order chi connectivity index (χ0) is 6.97. The van der Waals surface area contributed by atoms with E-state index in [1.54, 1.807) is 0 Å². The molecule has 0 radical (unpaired) electrons. The highest BCUT2D eigenvalue weighted by Crippen LogP contribution is 2.29. The Labute approximate surface area is 61.2 Å². The molecule has 3 atom stereocenters. The van der Waals surface area contributed by atoms with Crippen LogP contribution in [0.25, 0.3) is 0 Å². The molecular formula is C8H12N2. The van der Waals surface area contributed by atoms with Crippen molar-refractivity contribution < 1.29 is 0 Å². The molecule has 2 nitrogen and oxygen atoms in total. The van der Waals surface area contributed by atoms with E-state index >= 15 is 0 Å². The van der Waals surface area contributed by atoms with Crippen LogP contribution in [-0.2, 0) is 0 Å². The lowest BCUT2D eigenvalue weighted by atomic mass is 9.94. The molecular weight excluding hydrogens is 124 g/mol. The van der Waals surface area contributed by atoms with Crippen LogP contribution in [0.5, 0.6) is 0 Å². The SMILES string of the molecule is N#C[C@@H]1C[C@H]2CC[C@@H](C1)N2. The zero-order valence-corrected chi connectivity index (χ0v) is 6.01. The van der Waals surface area contributed by atoms with Crippen LogP contribution in [0.3, 0.4) is 0 Å². The molecule has 2 aliphatic heterocycles. The number of nitriles is 1. The van der Waals surface area contributed by atoms with E-state index in [-0.39, 0.29) is 0 Å². The highest BCUT2D eigenvalue weighted by atomic mass is 15.0. The molecule has 0 spiro atoms. The normalized spacial score (nSPS) is 44.9. The fourth-order valence-electron chi connectivity index (χ4n) is 2.16. The molecule has 1 N–H and O–H groups in total. The van der Waals surface area contributed by atoms with Gasteiger partial charge in [-0.3, -0.25) is 0 Å². The van der Waals surface area contributed by atoms with Crippen molar-refractivity contribution >= 4 is 0 Å². The maximum atomic E-state index is 8.68. The van der Waals surface area contributed by atoms with Crippen LogP contribution in [0.4, 0.5) is 0 Å².